The first kappa shape index (κ1) is 14.6. The number of amides is 1. The molecule has 2 aromatic rings. The summed E-state index contributed by atoms with van der Waals surface area (Å²) in [5.41, 5.74) is 6.83. The second kappa shape index (κ2) is 6.12. The molecule has 0 radical (unpaired) electrons. The van der Waals surface area contributed by atoms with Crippen molar-refractivity contribution in [3.05, 3.63) is 17.2 Å². The first-order valence-corrected chi connectivity index (χ1v) is 6.79. The van der Waals surface area contributed by atoms with E-state index in [1.54, 1.807) is 19.1 Å². The Labute approximate surface area is 123 Å². The van der Waals surface area contributed by atoms with E-state index in [1.165, 1.54) is 0 Å². The van der Waals surface area contributed by atoms with Gasteiger partial charge in [-0.3, -0.25) is 4.79 Å². The number of rotatable bonds is 4. The molecular weight excluding hydrogens is 304 g/mol. The third-order valence-corrected chi connectivity index (χ3v) is 3.31. The van der Waals surface area contributed by atoms with E-state index in [-0.39, 0.29) is 17.3 Å². The zero-order valence-electron chi connectivity index (χ0n) is 10.4. The molecule has 1 atom stereocenters. The van der Waals surface area contributed by atoms with E-state index in [2.05, 4.69) is 18.8 Å². The number of benzene rings is 1. The smallest absolute Gasteiger partial charge is 0.332 e. The molecule has 3 N–H and O–H groups in total. The Morgan fingerprint density at radius 2 is 2.25 bits per heavy atom. The number of halogens is 1. The molecule has 1 amide bonds. The third kappa shape index (κ3) is 2.87. The van der Waals surface area contributed by atoms with Gasteiger partial charge < -0.3 is 15.8 Å². The molecule has 1 aromatic heterocycles. The van der Waals surface area contributed by atoms with Gasteiger partial charge in [0.2, 0.25) is 0 Å². The lowest BCUT2D eigenvalue weighted by atomic mass is 10.2. The number of hydrogen-bond acceptors (Lipinski definition) is 7. The van der Waals surface area contributed by atoms with Crippen LogP contribution < -0.4 is 11.1 Å². The Balaban J connectivity index is 2.23. The van der Waals surface area contributed by atoms with Crippen LogP contribution in [-0.4, -0.2) is 33.3 Å². The maximum absolute atomic E-state index is 11.9. The predicted octanol–water partition coefficient (Wildman–Crippen LogP) is 1.17. The van der Waals surface area contributed by atoms with Crippen molar-refractivity contribution in [2.75, 3.05) is 11.9 Å². The summed E-state index contributed by atoms with van der Waals surface area (Å²) in [5.74, 6) is -1.52. The quantitative estimate of drug-likeness (QED) is 0.648. The average molecular weight is 315 g/mol. The van der Waals surface area contributed by atoms with Gasteiger partial charge in [-0.2, -0.15) is 8.75 Å². The SMILES string of the molecule is CCOC(=O)C(N)C(=O)Nc1c(Cl)ccc2nsnc12. The van der Waals surface area contributed by atoms with Crippen molar-refractivity contribution in [1.82, 2.24) is 8.75 Å². The van der Waals surface area contributed by atoms with Crippen LogP contribution in [0.5, 0.6) is 0 Å². The maximum Gasteiger partial charge on any atom is 0.332 e. The normalized spacial score (nSPS) is 12.2. The number of aromatic nitrogens is 2. The monoisotopic (exact) mass is 314 g/mol. The molecule has 1 heterocycles. The number of nitrogens with one attached hydrogen (secondary N) is 1. The molecular formula is C11H11ClN4O3S. The van der Waals surface area contributed by atoms with Crippen molar-refractivity contribution in [2.45, 2.75) is 13.0 Å². The molecule has 0 aliphatic heterocycles. The zero-order valence-corrected chi connectivity index (χ0v) is 12.0. The van der Waals surface area contributed by atoms with E-state index < -0.39 is 17.9 Å². The fourth-order valence-electron chi connectivity index (χ4n) is 1.49. The van der Waals surface area contributed by atoms with Gasteiger partial charge in [-0.1, -0.05) is 11.6 Å². The van der Waals surface area contributed by atoms with E-state index in [0.29, 0.717) is 11.0 Å². The highest BCUT2D eigenvalue weighted by molar-refractivity contribution is 7.00. The first-order valence-electron chi connectivity index (χ1n) is 5.68. The molecule has 7 nitrogen and oxygen atoms in total. The molecule has 0 saturated heterocycles. The summed E-state index contributed by atoms with van der Waals surface area (Å²) in [7, 11) is 0. The van der Waals surface area contributed by atoms with Gasteiger partial charge in [0.05, 0.1) is 29.0 Å². The molecule has 0 aliphatic rings. The van der Waals surface area contributed by atoms with Crippen LogP contribution in [-0.2, 0) is 14.3 Å². The molecule has 0 saturated carbocycles. The minimum atomic E-state index is -1.42. The zero-order chi connectivity index (χ0) is 14.7. The second-order valence-corrected chi connectivity index (χ2v) is 4.71. The second-order valence-electron chi connectivity index (χ2n) is 3.77. The first-order chi connectivity index (χ1) is 9.54. The summed E-state index contributed by atoms with van der Waals surface area (Å²) in [6.07, 6.45) is 0. The molecule has 1 unspecified atom stereocenters. The fraction of sp³-hybridized carbons (Fsp3) is 0.273. The summed E-state index contributed by atoms with van der Waals surface area (Å²) in [4.78, 5) is 23.3. The molecule has 0 spiro atoms. The third-order valence-electron chi connectivity index (χ3n) is 2.45. The molecule has 106 valence electrons. The van der Waals surface area contributed by atoms with Crippen LogP contribution in [0.15, 0.2) is 12.1 Å². The molecule has 9 heteroatoms. The Kier molecular flexibility index (Phi) is 4.48. The number of anilines is 1. The molecule has 1 aromatic carbocycles. The summed E-state index contributed by atoms with van der Waals surface area (Å²) in [6.45, 7) is 1.77. The number of carbonyl (C=O) groups excluding carboxylic acids is 2. The van der Waals surface area contributed by atoms with Gasteiger partial charge in [-0.15, -0.1) is 0 Å². The van der Waals surface area contributed by atoms with Crippen LogP contribution in [0.1, 0.15) is 6.92 Å². The number of ether oxygens (including phenoxy) is 1. The van der Waals surface area contributed by atoms with Crippen LogP contribution in [0.2, 0.25) is 5.02 Å². The summed E-state index contributed by atoms with van der Waals surface area (Å²) in [5, 5.41) is 2.77. The lowest BCUT2D eigenvalue weighted by Crippen LogP contribution is -2.43. The van der Waals surface area contributed by atoms with E-state index in [1.807, 2.05) is 0 Å². The Hall–Kier alpha value is -1.77. The summed E-state index contributed by atoms with van der Waals surface area (Å²) >= 11 is 7.01. The van der Waals surface area contributed by atoms with Gasteiger partial charge in [-0.05, 0) is 19.1 Å². The highest BCUT2D eigenvalue weighted by atomic mass is 35.5. The van der Waals surface area contributed by atoms with Crippen molar-refractivity contribution >= 4 is 51.9 Å². The van der Waals surface area contributed by atoms with Crippen LogP contribution in [0, 0.1) is 0 Å². The highest BCUT2D eigenvalue weighted by Gasteiger charge is 2.25. The number of esters is 1. The van der Waals surface area contributed by atoms with E-state index in [0.717, 1.165) is 11.7 Å². The maximum atomic E-state index is 11.9. The Morgan fingerprint density at radius 1 is 1.50 bits per heavy atom. The number of nitrogens with two attached hydrogens (primary N) is 1. The van der Waals surface area contributed by atoms with Crippen molar-refractivity contribution in [3.8, 4) is 0 Å². The molecule has 2 rings (SSSR count). The van der Waals surface area contributed by atoms with E-state index in [4.69, 9.17) is 17.3 Å². The summed E-state index contributed by atoms with van der Waals surface area (Å²) < 4.78 is 12.8. The lowest BCUT2D eigenvalue weighted by Gasteiger charge is -2.12. The number of hydrogen-bond donors (Lipinski definition) is 2. The Bertz CT molecular complexity index is 660. The predicted molar refractivity (Wildman–Crippen MR) is 75.7 cm³/mol. The van der Waals surface area contributed by atoms with Crippen molar-refractivity contribution in [1.29, 1.82) is 0 Å². The number of fused-ring (bicyclic) bond motifs is 1. The summed E-state index contributed by atoms with van der Waals surface area (Å²) in [6, 6.07) is 1.84. The topological polar surface area (TPSA) is 107 Å². The standard InChI is InChI=1S/C11H11ClN4O3S/c1-2-19-11(18)7(13)10(17)14-8-5(12)3-4-6-9(8)16-20-15-6/h3-4,7H,2,13H2,1H3,(H,14,17). The molecule has 0 fully saturated rings. The number of nitrogens with zero attached hydrogens (tertiary/aromatic N) is 2. The van der Waals surface area contributed by atoms with Gasteiger partial charge in [-0.25, -0.2) is 4.79 Å². The minimum absolute atomic E-state index is 0.145. The van der Waals surface area contributed by atoms with Crippen LogP contribution in [0.3, 0.4) is 0 Å². The van der Waals surface area contributed by atoms with Crippen molar-refractivity contribution < 1.29 is 14.3 Å². The fourth-order valence-corrected chi connectivity index (χ4v) is 2.23. The van der Waals surface area contributed by atoms with Crippen molar-refractivity contribution in [2.24, 2.45) is 5.73 Å². The molecule has 0 aliphatic carbocycles. The van der Waals surface area contributed by atoms with Gasteiger partial charge in [0.25, 0.3) is 5.91 Å². The van der Waals surface area contributed by atoms with Crippen molar-refractivity contribution in [3.63, 3.8) is 0 Å². The van der Waals surface area contributed by atoms with E-state index >= 15 is 0 Å². The van der Waals surface area contributed by atoms with Gasteiger partial charge in [0.1, 0.15) is 11.0 Å². The number of carbonyl (C=O) groups is 2. The van der Waals surface area contributed by atoms with Crippen LogP contribution >= 0.6 is 23.3 Å². The molecule has 0 bridgehead atoms. The largest absolute Gasteiger partial charge is 0.464 e. The van der Waals surface area contributed by atoms with Crippen LogP contribution in [0.4, 0.5) is 5.69 Å². The average Bonchev–Trinajstić information content (AvgIpc) is 2.89. The Morgan fingerprint density at radius 3 is 2.95 bits per heavy atom. The lowest BCUT2D eigenvalue weighted by molar-refractivity contribution is -0.146. The van der Waals surface area contributed by atoms with Gasteiger partial charge >= 0.3 is 5.97 Å². The minimum Gasteiger partial charge on any atom is -0.464 e. The van der Waals surface area contributed by atoms with E-state index in [9.17, 15) is 9.59 Å². The molecule has 20 heavy (non-hydrogen) atoms. The van der Waals surface area contributed by atoms with Gasteiger partial charge in [0, 0.05) is 0 Å². The van der Waals surface area contributed by atoms with Crippen LogP contribution in [0.25, 0.3) is 11.0 Å². The van der Waals surface area contributed by atoms with Gasteiger partial charge in [0.15, 0.2) is 6.04 Å². The highest BCUT2D eigenvalue weighted by Crippen LogP contribution is 2.29.